The van der Waals surface area contributed by atoms with Crippen LogP contribution in [0.1, 0.15) is 12.0 Å². The molecule has 0 saturated carbocycles. The first-order valence-electron chi connectivity index (χ1n) is 5.79. The molecule has 2 N–H and O–H groups in total. The van der Waals surface area contributed by atoms with Crippen LogP contribution in [0.2, 0.25) is 0 Å². The quantitative estimate of drug-likeness (QED) is 0.732. The van der Waals surface area contributed by atoms with Crippen molar-refractivity contribution in [2.75, 3.05) is 30.4 Å². The molecule has 0 unspecified atom stereocenters. The lowest BCUT2D eigenvalue weighted by atomic mass is 10.2. The van der Waals surface area contributed by atoms with Crippen molar-refractivity contribution < 1.29 is 4.79 Å². The molecule has 1 rings (SSSR count). The summed E-state index contributed by atoms with van der Waals surface area (Å²) in [5, 5.41) is 6.03. The van der Waals surface area contributed by atoms with Gasteiger partial charge in [-0.2, -0.15) is 11.8 Å². The van der Waals surface area contributed by atoms with Crippen LogP contribution in [-0.4, -0.2) is 31.0 Å². The lowest BCUT2D eigenvalue weighted by Gasteiger charge is -2.08. The molecule has 0 heterocycles. The van der Waals surface area contributed by atoms with E-state index in [0.717, 1.165) is 30.0 Å². The van der Waals surface area contributed by atoms with Gasteiger partial charge in [0.2, 0.25) is 5.91 Å². The normalized spacial score (nSPS) is 10.2. The van der Waals surface area contributed by atoms with Crippen molar-refractivity contribution in [2.24, 2.45) is 0 Å². The van der Waals surface area contributed by atoms with E-state index in [1.807, 2.05) is 43.0 Å². The highest BCUT2D eigenvalue weighted by Crippen LogP contribution is 2.12. The predicted octanol–water partition coefficient (Wildman–Crippen LogP) is 2.28. The molecular formula is C13H20N2OS. The Hall–Kier alpha value is -1.00. The Bertz CT molecular complexity index is 355. The summed E-state index contributed by atoms with van der Waals surface area (Å²) < 4.78 is 0. The van der Waals surface area contributed by atoms with Crippen molar-refractivity contribution in [2.45, 2.75) is 13.3 Å². The van der Waals surface area contributed by atoms with Gasteiger partial charge in [-0.05, 0) is 43.5 Å². The molecule has 1 aromatic rings. The Morgan fingerprint density at radius 2 is 2.12 bits per heavy atom. The number of carbonyl (C=O) groups excluding carboxylic acids is 1. The molecule has 0 bridgehead atoms. The Labute approximate surface area is 107 Å². The van der Waals surface area contributed by atoms with Gasteiger partial charge in [0, 0.05) is 5.69 Å². The second-order valence-electron chi connectivity index (χ2n) is 3.89. The molecule has 17 heavy (non-hydrogen) atoms. The Balaban J connectivity index is 2.23. The second-order valence-corrected chi connectivity index (χ2v) is 4.87. The minimum atomic E-state index is 0.0171. The Morgan fingerprint density at radius 3 is 2.82 bits per heavy atom. The van der Waals surface area contributed by atoms with Gasteiger partial charge in [-0.25, -0.2) is 0 Å². The molecule has 94 valence electrons. The minimum absolute atomic E-state index is 0.0171. The van der Waals surface area contributed by atoms with Gasteiger partial charge in [0.15, 0.2) is 0 Å². The summed E-state index contributed by atoms with van der Waals surface area (Å²) in [7, 11) is 0. The van der Waals surface area contributed by atoms with Crippen molar-refractivity contribution >= 4 is 23.4 Å². The molecular weight excluding hydrogens is 232 g/mol. The number of benzene rings is 1. The fourth-order valence-corrected chi connectivity index (χ4v) is 1.88. The number of hydrogen-bond donors (Lipinski definition) is 2. The van der Waals surface area contributed by atoms with Gasteiger partial charge in [0.25, 0.3) is 0 Å². The van der Waals surface area contributed by atoms with Crippen LogP contribution in [0, 0.1) is 6.92 Å². The minimum Gasteiger partial charge on any atom is -0.325 e. The largest absolute Gasteiger partial charge is 0.325 e. The van der Waals surface area contributed by atoms with E-state index in [-0.39, 0.29) is 5.91 Å². The topological polar surface area (TPSA) is 41.1 Å². The van der Waals surface area contributed by atoms with Crippen LogP contribution in [-0.2, 0) is 4.79 Å². The molecule has 0 aliphatic carbocycles. The van der Waals surface area contributed by atoms with Gasteiger partial charge in [-0.1, -0.05) is 18.2 Å². The zero-order valence-corrected chi connectivity index (χ0v) is 11.3. The fourth-order valence-electron chi connectivity index (χ4n) is 1.45. The molecule has 0 spiro atoms. The van der Waals surface area contributed by atoms with E-state index < -0.39 is 0 Å². The molecule has 3 nitrogen and oxygen atoms in total. The standard InChI is InChI=1S/C13H20N2OS/c1-11-6-3-4-7-12(11)15-13(16)10-14-8-5-9-17-2/h3-4,6-7,14H,5,8-10H2,1-2H3,(H,15,16). The summed E-state index contributed by atoms with van der Waals surface area (Å²) in [6.07, 6.45) is 3.18. The first-order chi connectivity index (χ1) is 8.24. The van der Waals surface area contributed by atoms with E-state index in [2.05, 4.69) is 16.9 Å². The summed E-state index contributed by atoms with van der Waals surface area (Å²) in [4.78, 5) is 11.6. The molecule has 1 aromatic carbocycles. The highest BCUT2D eigenvalue weighted by atomic mass is 32.2. The molecule has 0 atom stereocenters. The Morgan fingerprint density at radius 1 is 1.35 bits per heavy atom. The SMILES string of the molecule is CSCCCNCC(=O)Nc1ccccc1C. The maximum Gasteiger partial charge on any atom is 0.238 e. The maximum absolute atomic E-state index is 11.6. The molecule has 0 radical (unpaired) electrons. The number of aryl methyl sites for hydroxylation is 1. The number of amides is 1. The van der Waals surface area contributed by atoms with Crippen LogP contribution in [0.5, 0.6) is 0 Å². The third kappa shape index (κ3) is 5.75. The molecule has 0 fully saturated rings. The summed E-state index contributed by atoms with van der Waals surface area (Å²) in [5.41, 5.74) is 1.98. The van der Waals surface area contributed by atoms with Crippen molar-refractivity contribution in [3.8, 4) is 0 Å². The number of nitrogens with one attached hydrogen (secondary N) is 2. The van der Waals surface area contributed by atoms with Gasteiger partial charge in [-0.15, -0.1) is 0 Å². The average molecular weight is 252 g/mol. The van der Waals surface area contributed by atoms with Crippen molar-refractivity contribution in [3.05, 3.63) is 29.8 Å². The number of hydrogen-bond acceptors (Lipinski definition) is 3. The number of carbonyl (C=O) groups is 1. The number of thioether (sulfide) groups is 1. The van der Waals surface area contributed by atoms with Gasteiger partial charge < -0.3 is 10.6 Å². The smallest absolute Gasteiger partial charge is 0.238 e. The lowest BCUT2D eigenvalue weighted by Crippen LogP contribution is -2.29. The molecule has 0 saturated heterocycles. The molecule has 4 heteroatoms. The van der Waals surface area contributed by atoms with Gasteiger partial charge >= 0.3 is 0 Å². The van der Waals surface area contributed by atoms with Crippen molar-refractivity contribution in [3.63, 3.8) is 0 Å². The lowest BCUT2D eigenvalue weighted by molar-refractivity contribution is -0.115. The molecule has 0 aliphatic heterocycles. The van der Waals surface area contributed by atoms with Crippen LogP contribution in [0.25, 0.3) is 0 Å². The fraction of sp³-hybridized carbons (Fsp3) is 0.462. The zero-order chi connectivity index (χ0) is 12.5. The number of rotatable bonds is 7. The molecule has 1 amide bonds. The van der Waals surface area contributed by atoms with Crippen LogP contribution >= 0.6 is 11.8 Å². The van der Waals surface area contributed by atoms with E-state index in [0.29, 0.717) is 6.54 Å². The van der Waals surface area contributed by atoms with E-state index in [1.165, 1.54) is 0 Å². The van der Waals surface area contributed by atoms with E-state index in [9.17, 15) is 4.79 Å². The monoisotopic (exact) mass is 252 g/mol. The third-order valence-corrected chi connectivity index (χ3v) is 3.10. The van der Waals surface area contributed by atoms with Gasteiger partial charge in [-0.3, -0.25) is 4.79 Å². The average Bonchev–Trinajstić information content (AvgIpc) is 2.32. The van der Waals surface area contributed by atoms with E-state index in [1.54, 1.807) is 0 Å². The van der Waals surface area contributed by atoms with Gasteiger partial charge in [0.1, 0.15) is 0 Å². The Kier molecular flexibility index (Phi) is 6.74. The first-order valence-corrected chi connectivity index (χ1v) is 7.18. The summed E-state index contributed by atoms with van der Waals surface area (Å²) in [5.74, 6) is 1.15. The summed E-state index contributed by atoms with van der Waals surface area (Å²) >= 11 is 1.82. The van der Waals surface area contributed by atoms with Crippen LogP contribution < -0.4 is 10.6 Å². The molecule has 0 aliphatic rings. The van der Waals surface area contributed by atoms with E-state index in [4.69, 9.17) is 0 Å². The van der Waals surface area contributed by atoms with Crippen molar-refractivity contribution in [1.82, 2.24) is 5.32 Å². The molecule has 0 aromatic heterocycles. The van der Waals surface area contributed by atoms with Crippen molar-refractivity contribution in [1.29, 1.82) is 0 Å². The van der Waals surface area contributed by atoms with E-state index >= 15 is 0 Å². The summed E-state index contributed by atoms with van der Waals surface area (Å²) in [6.45, 7) is 3.26. The van der Waals surface area contributed by atoms with Gasteiger partial charge in [0.05, 0.1) is 6.54 Å². The zero-order valence-electron chi connectivity index (χ0n) is 10.5. The number of anilines is 1. The predicted molar refractivity (Wildman–Crippen MR) is 75.7 cm³/mol. The van der Waals surface area contributed by atoms with Crippen LogP contribution in [0.4, 0.5) is 5.69 Å². The maximum atomic E-state index is 11.6. The summed E-state index contributed by atoms with van der Waals surface area (Å²) in [6, 6.07) is 7.79. The highest BCUT2D eigenvalue weighted by molar-refractivity contribution is 7.98. The highest BCUT2D eigenvalue weighted by Gasteiger charge is 2.02. The number of para-hydroxylation sites is 1. The third-order valence-electron chi connectivity index (χ3n) is 2.41. The van der Waals surface area contributed by atoms with Crippen LogP contribution in [0.3, 0.4) is 0 Å². The second kappa shape index (κ2) is 8.14. The van der Waals surface area contributed by atoms with Crippen LogP contribution in [0.15, 0.2) is 24.3 Å². The first kappa shape index (κ1) is 14.1.